The average Bonchev–Trinajstić information content (AvgIpc) is 3.64. The Morgan fingerprint density at radius 2 is 1.46 bits per heavy atom. The second-order valence-corrected chi connectivity index (χ2v) is 10.8. The third-order valence-electron chi connectivity index (χ3n) is 8.25. The van der Waals surface area contributed by atoms with Crippen LogP contribution in [0.4, 0.5) is 0 Å². The minimum Gasteiger partial charge on any atom is -0.469 e. The molecule has 41 heavy (non-hydrogen) atoms. The second kappa shape index (κ2) is 12.5. The van der Waals surface area contributed by atoms with Gasteiger partial charge >= 0.3 is 11.9 Å². The van der Waals surface area contributed by atoms with Crippen molar-refractivity contribution in [2.45, 2.75) is 67.2 Å². The smallest absolute Gasteiger partial charge is 0.305 e. The molecule has 0 saturated carbocycles. The Morgan fingerprint density at radius 1 is 0.805 bits per heavy atom. The van der Waals surface area contributed by atoms with Crippen LogP contribution in [0, 0.1) is 13.8 Å². The summed E-state index contributed by atoms with van der Waals surface area (Å²) in [6, 6.07) is 0. The number of allylic oxidation sites excluding steroid dienone is 3. The van der Waals surface area contributed by atoms with Gasteiger partial charge in [0, 0.05) is 41.1 Å². The van der Waals surface area contributed by atoms with Gasteiger partial charge in [0.2, 0.25) is 0 Å². The van der Waals surface area contributed by atoms with Crippen LogP contribution in [-0.4, -0.2) is 54.6 Å². The number of carbonyl (C=O) groups excluding carboxylic acids is 2. The maximum absolute atomic E-state index is 12.1. The third-order valence-corrected chi connectivity index (χ3v) is 8.25. The van der Waals surface area contributed by atoms with Gasteiger partial charge in [-0.2, -0.15) is 0 Å². The van der Waals surface area contributed by atoms with Crippen LogP contribution in [0.1, 0.15) is 74.2 Å². The normalized spacial score (nSPS) is 17.0. The molecule has 0 amide bonds. The maximum Gasteiger partial charge on any atom is 0.305 e. The van der Waals surface area contributed by atoms with Gasteiger partial charge in [0.15, 0.2) is 0 Å². The number of aliphatic imine (C=N–C) groups is 2. The molecule has 0 atom stereocenters. The quantitative estimate of drug-likeness (QED) is 0.448. The number of ether oxygens (including phenoxy) is 2. The van der Waals surface area contributed by atoms with Crippen molar-refractivity contribution < 1.29 is 19.1 Å². The molecular formula is C33H40N4O4. The fourth-order valence-electron chi connectivity index (χ4n) is 5.13. The van der Waals surface area contributed by atoms with Crippen molar-refractivity contribution in [3.63, 3.8) is 0 Å². The van der Waals surface area contributed by atoms with Gasteiger partial charge in [-0.15, -0.1) is 0 Å². The molecule has 216 valence electrons. The fourth-order valence-corrected chi connectivity index (χ4v) is 5.13. The molecule has 4 heterocycles. The number of aromatic amines is 2. The second-order valence-electron chi connectivity index (χ2n) is 10.8. The summed E-state index contributed by atoms with van der Waals surface area (Å²) in [5.41, 5.74) is 12.7. The first-order valence-electron chi connectivity index (χ1n) is 13.9. The summed E-state index contributed by atoms with van der Waals surface area (Å²) in [5, 5.41) is 1.86. The first-order chi connectivity index (χ1) is 19.5. The van der Waals surface area contributed by atoms with Crippen LogP contribution in [0.3, 0.4) is 0 Å². The van der Waals surface area contributed by atoms with Crippen molar-refractivity contribution in [3.8, 4) is 0 Å². The van der Waals surface area contributed by atoms with Gasteiger partial charge in [0.25, 0.3) is 0 Å². The predicted molar refractivity (Wildman–Crippen MR) is 165 cm³/mol. The number of carbonyl (C=O) groups is 2. The van der Waals surface area contributed by atoms with E-state index in [1.165, 1.54) is 25.4 Å². The first-order valence-corrected chi connectivity index (χ1v) is 13.9. The van der Waals surface area contributed by atoms with E-state index in [1.807, 2.05) is 6.21 Å². The Bertz CT molecular complexity index is 1670. The Labute approximate surface area is 241 Å². The highest BCUT2D eigenvalue weighted by molar-refractivity contribution is 6.21. The minimum atomic E-state index is -0.256. The van der Waals surface area contributed by atoms with E-state index in [1.54, 1.807) is 0 Å². The molecule has 0 spiro atoms. The molecule has 0 aromatic carbocycles. The highest BCUT2D eigenvalue weighted by Gasteiger charge is 2.18. The van der Waals surface area contributed by atoms with Crippen LogP contribution >= 0.6 is 0 Å². The highest BCUT2D eigenvalue weighted by atomic mass is 16.5. The van der Waals surface area contributed by atoms with Crippen molar-refractivity contribution in [1.29, 1.82) is 0 Å². The largest absolute Gasteiger partial charge is 0.469 e. The van der Waals surface area contributed by atoms with E-state index in [4.69, 9.17) is 14.5 Å². The van der Waals surface area contributed by atoms with Crippen LogP contribution in [0.5, 0.6) is 0 Å². The van der Waals surface area contributed by atoms with Crippen LogP contribution in [0.2, 0.25) is 0 Å². The van der Waals surface area contributed by atoms with Gasteiger partial charge in [0.05, 0.1) is 32.2 Å². The van der Waals surface area contributed by atoms with Crippen molar-refractivity contribution in [2.24, 2.45) is 9.98 Å². The number of methoxy groups -OCH3 is 2. The number of rotatable bonds is 9. The molecule has 2 aromatic heterocycles. The standard InChI is InChI=1S/C33H40N4O4/c1-18-16-34-26(20(18)3)13-28-22(5)24(9-11-32(38)40-7)30(36-28)15-31-25(10-12-33(39)41-8)23(6)29(37-31)14-27-21(4)19(2)17-35-27/h13-16,36-37H,9-12,17H2,1-8H3/b26-13-,29-14-,31-15-. The van der Waals surface area contributed by atoms with Crippen LogP contribution < -0.4 is 10.7 Å². The molecule has 0 saturated heterocycles. The van der Waals surface area contributed by atoms with Crippen molar-refractivity contribution in [3.05, 3.63) is 72.3 Å². The molecule has 0 aliphatic carbocycles. The summed E-state index contributed by atoms with van der Waals surface area (Å²) in [5.74, 6) is -0.510. The highest BCUT2D eigenvalue weighted by Crippen LogP contribution is 2.28. The number of H-pyrrole nitrogens is 2. The van der Waals surface area contributed by atoms with E-state index in [9.17, 15) is 9.59 Å². The maximum atomic E-state index is 12.1. The van der Waals surface area contributed by atoms with E-state index in [0.717, 1.165) is 66.9 Å². The number of nitrogens with one attached hydrogen (secondary N) is 2. The summed E-state index contributed by atoms with van der Waals surface area (Å²) in [6.45, 7) is 13.2. The molecule has 2 N–H and O–H groups in total. The zero-order valence-corrected chi connectivity index (χ0v) is 25.4. The predicted octanol–water partition coefficient (Wildman–Crippen LogP) is 4.33. The Balaban J connectivity index is 1.88. The summed E-state index contributed by atoms with van der Waals surface area (Å²) < 4.78 is 9.86. The van der Waals surface area contributed by atoms with Gasteiger partial charge < -0.3 is 19.4 Å². The van der Waals surface area contributed by atoms with Crippen molar-refractivity contribution in [2.75, 3.05) is 20.8 Å². The summed E-state index contributed by atoms with van der Waals surface area (Å²) in [4.78, 5) is 40.6. The number of hydrogen-bond donors (Lipinski definition) is 2. The number of aromatic nitrogens is 2. The molecule has 2 aromatic rings. The first kappa shape index (κ1) is 29.8. The van der Waals surface area contributed by atoms with Gasteiger partial charge in [-0.05, 0) is 117 Å². The van der Waals surface area contributed by atoms with E-state index < -0.39 is 0 Å². The van der Waals surface area contributed by atoms with Crippen LogP contribution in [-0.2, 0) is 31.9 Å². The van der Waals surface area contributed by atoms with E-state index in [2.05, 4.69) is 74.7 Å². The number of hydrogen-bond acceptors (Lipinski definition) is 6. The average molecular weight is 557 g/mol. The lowest BCUT2D eigenvalue weighted by Gasteiger charge is -2.03. The van der Waals surface area contributed by atoms with Gasteiger partial charge in [0.1, 0.15) is 0 Å². The van der Waals surface area contributed by atoms with E-state index >= 15 is 0 Å². The van der Waals surface area contributed by atoms with Crippen LogP contribution in [0.15, 0.2) is 38.0 Å². The Morgan fingerprint density at radius 3 is 2.02 bits per heavy atom. The van der Waals surface area contributed by atoms with E-state index in [-0.39, 0.29) is 24.8 Å². The molecule has 0 bridgehead atoms. The minimum absolute atomic E-state index is 0.254. The van der Waals surface area contributed by atoms with Crippen LogP contribution in [0.25, 0.3) is 18.2 Å². The lowest BCUT2D eigenvalue weighted by Crippen LogP contribution is -2.15. The summed E-state index contributed by atoms with van der Waals surface area (Å²) in [7, 11) is 2.82. The molecule has 4 rings (SSSR count). The lowest BCUT2D eigenvalue weighted by molar-refractivity contribution is -0.141. The third kappa shape index (κ3) is 6.42. The summed E-state index contributed by atoms with van der Waals surface area (Å²) >= 11 is 0. The summed E-state index contributed by atoms with van der Waals surface area (Å²) in [6.07, 6.45) is 9.70. The zero-order chi connectivity index (χ0) is 29.8. The topological polar surface area (TPSA) is 109 Å². The molecule has 2 aliphatic heterocycles. The fraction of sp³-hybridized carbons (Fsp3) is 0.394. The van der Waals surface area contributed by atoms with Crippen molar-refractivity contribution in [1.82, 2.24) is 9.97 Å². The molecule has 0 unspecified atom stereocenters. The number of nitrogens with zero attached hydrogens (tertiary/aromatic N) is 2. The molecule has 8 heteroatoms. The SMILES string of the molecule is COC(=O)CCc1c(/C=c2\[nH]/c(=C\C3=NCC(C)=C3C)c(C)c2CCC(=O)OC)[nH]c(/C=C2\N=CC(C)=C2C)c1C. The lowest BCUT2D eigenvalue weighted by atomic mass is 10.0. The molecule has 2 aliphatic rings. The molecule has 8 nitrogen and oxygen atoms in total. The monoisotopic (exact) mass is 556 g/mol. The molecule has 0 fully saturated rings. The van der Waals surface area contributed by atoms with Gasteiger partial charge in [-0.1, -0.05) is 0 Å². The Kier molecular flexibility index (Phi) is 9.11. The zero-order valence-electron chi connectivity index (χ0n) is 25.4. The molecule has 0 radical (unpaired) electrons. The van der Waals surface area contributed by atoms with Gasteiger partial charge in [-0.25, -0.2) is 0 Å². The van der Waals surface area contributed by atoms with Crippen molar-refractivity contribution >= 4 is 42.1 Å². The Hall–Kier alpha value is -4.20. The van der Waals surface area contributed by atoms with E-state index in [0.29, 0.717) is 19.4 Å². The molecular weight excluding hydrogens is 516 g/mol. The number of esters is 2. The van der Waals surface area contributed by atoms with Gasteiger partial charge in [-0.3, -0.25) is 19.6 Å².